The highest BCUT2D eigenvalue weighted by atomic mass is 19.1. The van der Waals surface area contributed by atoms with Crippen molar-refractivity contribution in [3.05, 3.63) is 64.3 Å². The van der Waals surface area contributed by atoms with Crippen molar-refractivity contribution in [3.63, 3.8) is 0 Å². The predicted octanol–water partition coefficient (Wildman–Crippen LogP) is 2.60. The predicted molar refractivity (Wildman–Crippen MR) is 72.5 cm³/mol. The summed E-state index contributed by atoms with van der Waals surface area (Å²) in [6.45, 7) is 0. The highest BCUT2D eigenvalue weighted by Gasteiger charge is 2.08. The normalized spacial score (nSPS) is 10.4. The Balaban J connectivity index is 2.26. The van der Waals surface area contributed by atoms with Crippen LogP contribution in [0.4, 0.5) is 4.39 Å². The van der Waals surface area contributed by atoms with Gasteiger partial charge in [0, 0.05) is 5.39 Å². The lowest BCUT2D eigenvalue weighted by Crippen LogP contribution is -2.07. The molecule has 0 bridgehead atoms. The molecule has 1 aromatic heterocycles. The molecule has 96 valence electrons. The smallest absolute Gasteiger partial charge is 0.267 e. The van der Waals surface area contributed by atoms with Gasteiger partial charge in [-0.15, -0.1) is 0 Å². The van der Waals surface area contributed by atoms with E-state index in [0.717, 1.165) is 5.56 Å². The van der Waals surface area contributed by atoms with E-state index < -0.39 is 5.82 Å². The topological polar surface area (TPSA) is 69.5 Å². The number of hydrogen-bond acceptors (Lipinski definition) is 3. The van der Waals surface area contributed by atoms with Crippen LogP contribution in [-0.2, 0) is 0 Å². The fraction of sp³-hybridized carbons (Fsp3) is 0. The molecule has 0 atom stereocenters. The number of H-pyrrole nitrogens is 1. The van der Waals surface area contributed by atoms with Gasteiger partial charge in [0.25, 0.3) is 5.56 Å². The summed E-state index contributed by atoms with van der Waals surface area (Å²) in [6.07, 6.45) is 1.54. The Labute approximate surface area is 113 Å². The number of nitrogens with zero attached hydrogens (tertiary/aromatic N) is 2. The highest BCUT2D eigenvalue weighted by molar-refractivity contribution is 5.86. The average Bonchev–Trinajstić information content (AvgIpc) is 2.47. The monoisotopic (exact) mass is 265 g/mol. The summed E-state index contributed by atoms with van der Waals surface area (Å²) in [5.74, 6) is -0.454. The fourth-order valence-electron chi connectivity index (χ4n) is 2.13. The van der Waals surface area contributed by atoms with Crippen molar-refractivity contribution >= 4 is 10.8 Å². The summed E-state index contributed by atoms with van der Waals surface area (Å²) in [5, 5.41) is 16.4. The number of fused-ring (bicyclic) bond motifs is 1. The third-order valence-corrected chi connectivity index (χ3v) is 3.08. The molecule has 0 radical (unpaired) electrons. The van der Waals surface area contributed by atoms with Crippen molar-refractivity contribution in [2.45, 2.75) is 0 Å². The second-order valence-electron chi connectivity index (χ2n) is 4.30. The van der Waals surface area contributed by atoms with Crippen LogP contribution in [0, 0.1) is 17.1 Å². The van der Waals surface area contributed by atoms with Crippen LogP contribution in [0.2, 0.25) is 0 Å². The fourth-order valence-corrected chi connectivity index (χ4v) is 2.13. The van der Waals surface area contributed by atoms with Crippen LogP contribution in [0.25, 0.3) is 21.9 Å². The number of nitriles is 1. The first-order valence-corrected chi connectivity index (χ1v) is 5.86. The Morgan fingerprint density at radius 3 is 2.85 bits per heavy atom. The summed E-state index contributed by atoms with van der Waals surface area (Å²) in [7, 11) is 0. The van der Waals surface area contributed by atoms with Gasteiger partial charge in [0.05, 0.1) is 23.2 Å². The summed E-state index contributed by atoms with van der Waals surface area (Å²) < 4.78 is 13.1. The molecule has 3 rings (SSSR count). The van der Waals surface area contributed by atoms with Crippen LogP contribution < -0.4 is 5.56 Å². The van der Waals surface area contributed by atoms with E-state index in [0.29, 0.717) is 16.3 Å². The van der Waals surface area contributed by atoms with Gasteiger partial charge in [-0.25, -0.2) is 9.49 Å². The number of halogens is 1. The van der Waals surface area contributed by atoms with Gasteiger partial charge in [-0.1, -0.05) is 12.1 Å². The highest BCUT2D eigenvalue weighted by Crippen LogP contribution is 2.26. The van der Waals surface area contributed by atoms with Crippen LogP contribution in [-0.4, -0.2) is 10.2 Å². The zero-order valence-corrected chi connectivity index (χ0v) is 10.2. The van der Waals surface area contributed by atoms with Crippen LogP contribution in [0.15, 0.2) is 47.4 Å². The average molecular weight is 265 g/mol. The van der Waals surface area contributed by atoms with Gasteiger partial charge in [-0.05, 0) is 35.4 Å². The second-order valence-corrected chi connectivity index (χ2v) is 4.30. The zero-order chi connectivity index (χ0) is 14.1. The number of rotatable bonds is 1. The molecular weight excluding hydrogens is 257 g/mol. The molecular formula is C15H8FN3O. The quantitative estimate of drug-likeness (QED) is 0.735. The molecule has 1 heterocycles. The number of nitrogens with one attached hydrogen (secondary N) is 1. The van der Waals surface area contributed by atoms with E-state index in [2.05, 4.69) is 10.2 Å². The summed E-state index contributed by atoms with van der Waals surface area (Å²) >= 11 is 0. The van der Waals surface area contributed by atoms with Crippen molar-refractivity contribution in [1.29, 1.82) is 5.26 Å². The van der Waals surface area contributed by atoms with Crippen LogP contribution in [0.5, 0.6) is 0 Å². The minimum atomic E-state index is -0.454. The van der Waals surface area contributed by atoms with Crippen molar-refractivity contribution in [1.82, 2.24) is 10.2 Å². The van der Waals surface area contributed by atoms with E-state index in [-0.39, 0.29) is 11.1 Å². The van der Waals surface area contributed by atoms with Crippen molar-refractivity contribution in [3.8, 4) is 17.2 Å². The molecule has 2 aromatic carbocycles. The van der Waals surface area contributed by atoms with E-state index >= 15 is 0 Å². The Morgan fingerprint density at radius 2 is 2.05 bits per heavy atom. The Morgan fingerprint density at radius 1 is 1.20 bits per heavy atom. The summed E-state index contributed by atoms with van der Waals surface area (Å²) in [4.78, 5) is 11.6. The Kier molecular flexibility index (Phi) is 2.77. The maximum absolute atomic E-state index is 13.1. The van der Waals surface area contributed by atoms with E-state index in [1.165, 1.54) is 18.3 Å². The van der Waals surface area contributed by atoms with Gasteiger partial charge in [-0.3, -0.25) is 4.79 Å². The lowest BCUT2D eigenvalue weighted by molar-refractivity contribution is 0.627. The SMILES string of the molecule is N#Cc1cc(F)ccc1-c1ccc2c(=O)[nH]ncc2c1. The maximum Gasteiger partial charge on any atom is 0.272 e. The lowest BCUT2D eigenvalue weighted by Gasteiger charge is -2.05. The van der Waals surface area contributed by atoms with E-state index in [4.69, 9.17) is 5.26 Å². The molecule has 0 saturated heterocycles. The number of aromatic amines is 1. The number of aromatic nitrogens is 2. The molecule has 4 nitrogen and oxygen atoms in total. The molecule has 0 aliphatic heterocycles. The van der Waals surface area contributed by atoms with Crippen LogP contribution in [0.3, 0.4) is 0 Å². The zero-order valence-electron chi connectivity index (χ0n) is 10.2. The molecule has 0 unspecified atom stereocenters. The molecule has 5 heteroatoms. The standard InChI is InChI=1S/C15H8FN3O/c16-12-2-4-13(10(6-12)7-17)9-1-3-14-11(5-9)8-18-19-15(14)20/h1-6,8H,(H,19,20). The van der Waals surface area contributed by atoms with Gasteiger partial charge >= 0.3 is 0 Å². The molecule has 0 amide bonds. The molecule has 0 spiro atoms. The Bertz CT molecular complexity index is 909. The molecule has 0 fully saturated rings. The lowest BCUT2D eigenvalue weighted by atomic mass is 9.98. The summed E-state index contributed by atoms with van der Waals surface area (Å²) in [6, 6.07) is 11.2. The van der Waals surface area contributed by atoms with Crippen molar-refractivity contribution < 1.29 is 4.39 Å². The molecule has 1 N–H and O–H groups in total. The summed E-state index contributed by atoms with van der Waals surface area (Å²) in [5.41, 5.74) is 1.34. The molecule has 0 aliphatic rings. The first kappa shape index (κ1) is 12.1. The molecule has 0 aliphatic carbocycles. The van der Waals surface area contributed by atoms with Gasteiger partial charge in [0.2, 0.25) is 0 Å². The third kappa shape index (κ3) is 1.93. The molecule has 3 aromatic rings. The largest absolute Gasteiger partial charge is 0.272 e. The molecule has 20 heavy (non-hydrogen) atoms. The number of hydrogen-bond donors (Lipinski definition) is 1. The van der Waals surface area contributed by atoms with E-state index in [9.17, 15) is 9.18 Å². The van der Waals surface area contributed by atoms with Crippen molar-refractivity contribution in [2.75, 3.05) is 0 Å². The van der Waals surface area contributed by atoms with Crippen LogP contribution in [0.1, 0.15) is 5.56 Å². The molecule has 0 saturated carbocycles. The number of benzene rings is 2. The van der Waals surface area contributed by atoms with Gasteiger partial charge in [-0.2, -0.15) is 10.4 Å². The first-order chi connectivity index (χ1) is 9.69. The van der Waals surface area contributed by atoms with Crippen molar-refractivity contribution in [2.24, 2.45) is 0 Å². The minimum Gasteiger partial charge on any atom is -0.267 e. The van der Waals surface area contributed by atoms with E-state index in [1.807, 2.05) is 6.07 Å². The van der Waals surface area contributed by atoms with Crippen LogP contribution >= 0.6 is 0 Å². The van der Waals surface area contributed by atoms with Gasteiger partial charge in [0.15, 0.2) is 0 Å². The van der Waals surface area contributed by atoms with E-state index in [1.54, 1.807) is 24.3 Å². The van der Waals surface area contributed by atoms with Gasteiger partial charge in [0.1, 0.15) is 5.82 Å². The maximum atomic E-state index is 13.1. The minimum absolute atomic E-state index is 0.252. The third-order valence-electron chi connectivity index (χ3n) is 3.08. The first-order valence-electron chi connectivity index (χ1n) is 5.86. The second kappa shape index (κ2) is 4.59. The van der Waals surface area contributed by atoms with Gasteiger partial charge < -0.3 is 0 Å². The Hall–Kier alpha value is -3.00.